The van der Waals surface area contributed by atoms with Crippen molar-refractivity contribution in [3.63, 3.8) is 0 Å². The van der Waals surface area contributed by atoms with Crippen LogP contribution in [0, 0.1) is 0 Å². The molecule has 2 heterocycles. The number of amides is 1. The second-order valence-electron chi connectivity index (χ2n) is 6.40. The van der Waals surface area contributed by atoms with E-state index in [1.54, 1.807) is 36.3 Å². The van der Waals surface area contributed by atoms with E-state index in [1.807, 2.05) is 0 Å². The fourth-order valence-corrected chi connectivity index (χ4v) is 7.09. The Morgan fingerprint density at radius 1 is 1.26 bits per heavy atom. The lowest BCUT2D eigenvalue weighted by Crippen LogP contribution is -2.37. The number of rotatable bonds is 6. The molecule has 1 N–H and O–H groups in total. The van der Waals surface area contributed by atoms with Gasteiger partial charge in [-0.15, -0.1) is 0 Å². The summed E-state index contributed by atoms with van der Waals surface area (Å²) >= 11 is 1.29. The second-order valence-corrected chi connectivity index (χ2v) is 9.76. The molecule has 2 aliphatic rings. The van der Waals surface area contributed by atoms with Gasteiger partial charge in [-0.2, -0.15) is 4.99 Å². The van der Waals surface area contributed by atoms with Crippen molar-refractivity contribution in [1.29, 1.82) is 0 Å². The lowest BCUT2D eigenvalue weighted by Gasteiger charge is -2.24. The van der Waals surface area contributed by atoms with Crippen molar-refractivity contribution in [3.05, 3.63) is 24.3 Å². The van der Waals surface area contributed by atoms with E-state index in [-0.39, 0.29) is 42.1 Å². The molecule has 0 aliphatic carbocycles. The Morgan fingerprint density at radius 2 is 1.96 bits per heavy atom. The average molecular weight is 412 g/mol. The van der Waals surface area contributed by atoms with Gasteiger partial charge in [0, 0.05) is 23.8 Å². The predicted octanol–water partition coefficient (Wildman–Crippen LogP) is 1.55. The third-order valence-electron chi connectivity index (χ3n) is 4.42. The van der Waals surface area contributed by atoms with Crippen LogP contribution in [0.4, 0.5) is 5.69 Å². The van der Waals surface area contributed by atoms with Gasteiger partial charge in [0.1, 0.15) is 5.75 Å². The van der Waals surface area contributed by atoms with Crippen LogP contribution in [0.5, 0.6) is 5.75 Å². The zero-order valence-corrected chi connectivity index (χ0v) is 16.3. The molecule has 2 saturated heterocycles. The molecule has 146 valence electrons. The van der Waals surface area contributed by atoms with Gasteiger partial charge in [0.2, 0.25) is 5.91 Å². The minimum absolute atomic E-state index is 0.0168. The number of aliphatic carboxylic acids is 1. The lowest BCUT2D eigenvalue weighted by atomic mass is 10.2. The van der Waals surface area contributed by atoms with Crippen molar-refractivity contribution in [2.45, 2.75) is 30.6 Å². The van der Waals surface area contributed by atoms with Crippen molar-refractivity contribution in [1.82, 2.24) is 0 Å². The first kappa shape index (κ1) is 19.7. The van der Waals surface area contributed by atoms with E-state index in [4.69, 9.17) is 9.84 Å². The van der Waals surface area contributed by atoms with Gasteiger partial charge >= 0.3 is 5.97 Å². The molecular formula is C17H20N2O6S2. The maximum Gasteiger partial charge on any atom is 0.303 e. The Balaban J connectivity index is 1.84. The highest BCUT2D eigenvalue weighted by Crippen LogP contribution is 2.41. The van der Waals surface area contributed by atoms with Crippen molar-refractivity contribution >= 4 is 44.3 Å². The number of carboxylic acid groups (broad SMARTS) is 1. The number of fused-ring (bicyclic) bond motifs is 1. The number of thioether (sulfide) groups is 1. The van der Waals surface area contributed by atoms with Crippen LogP contribution in [0.25, 0.3) is 0 Å². The molecule has 2 aliphatic heterocycles. The number of carbonyl (C=O) groups excluding carboxylic acids is 1. The molecule has 10 heteroatoms. The molecule has 0 saturated carbocycles. The predicted molar refractivity (Wildman–Crippen MR) is 103 cm³/mol. The number of aliphatic imine (C=N–C) groups is 1. The summed E-state index contributed by atoms with van der Waals surface area (Å²) in [6, 6.07) is 6.86. The van der Waals surface area contributed by atoms with Crippen LogP contribution in [0.2, 0.25) is 0 Å². The van der Waals surface area contributed by atoms with Gasteiger partial charge in [0.15, 0.2) is 15.0 Å². The van der Waals surface area contributed by atoms with Gasteiger partial charge in [-0.05, 0) is 30.7 Å². The van der Waals surface area contributed by atoms with Gasteiger partial charge in [-0.25, -0.2) is 8.42 Å². The Kier molecular flexibility index (Phi) is 5.75. The molecule has 0 unspecified atom stereocenters. The number of methoxy groups -OCH3 is 1. The van der Waals surface area contributed by atoms with E-state index >= 15 is 0 Å². The third-order valence-corrected chi connectivity index (χ3v) is 7.63. The zero-order valence-electron chi connectivity index (χ0n) is 14.7. The number of benzene rings is 1. The molecule has 1 aromatic rings. The summed E-state index contributed by atoms with van der Waals surface area (Å²) in [6.45, 7) is 0. The van der Waals surface area contributed by atoms with Crippen LogP contribution in [-0.2, 0) is 19.4 Å². The van der Waals surface area contributed by atoms with Gasteiger partial charge in [-0.3, -0.25) is 9.59 Å². The van der Waals surface area contributed by atoms with Crippen LogP contribution < -0.4 is 9.64 Å². The molecule has 0 radical (unpaired) electrons. The van der Waals surface area contributed by atoms with Crippen LogP contribution in [0.1, 0.15) is 19.3 Å². The first-order valence-corrected chi connectivity index (χ1v) is 11.1. The molecule has 0 spiro atoms. The number of ether oxygens (including phenoxy) is 1. The minimum atomic E-state index is -3.13. The minimum Gasteiger partial charge on any atom is -0.497 e. The zero-order chi connectivity index (χ0) is 19.6. The molecule has 0 aromatic heterocycles. The molecule has 0 bridgehead atoms. The lowest BCUT2D eigenvalue weighted by molar-refractivity contribution is -0.137. The highest BCUT2D eigenvalue weighted by Gasteiger charge is 2.49. The maximum absolute atomic E-state index is 12.1. The number of nitrogens with zero attached hydrogens (tertiary/aromatic N) is 2. The van der Waals surface area contributed by atoms with Crippen molar-refractivity contribution in [3.8, 4) is 5.75 Å². The molecule has 8 nitrogen and oxygen atoms in total. The highest BCUT2D eigenvalue weighted by molar-refractivity contribution is 8.16. The number of hydrogen-bond acceptors (Lipinski definition) is 6. The second kappa shape index (κ2) is 7.89. The molecule has 2 fully saturated rings. The van der Waals surface area contributed by atoms with Crippen LogP contribution in [0.3, 0.4) is 0 Å². The number of sulfone groups is 1. The van der Waals surface area contributed by atoms with E-state index in [2.05, 4.69) is 4.99 Å². The number of anilines is 1. The van der Waals surface area contributed by atoms with E-state index < -0.39 is 21.7 Å². The molecular weight excluding hydrogens is 392 g/mol. The molecule has 1 amide bonds. The summed E-state index contributed by atoms with van der Waals surface area (Å²) in [5.41, 5.74) is 0.741. The van der Waals surface area contributed by atoms with E-state index in [0.717, 1.165) is 5.69 Å². The number of carbonyl (C=O) groups is 2. The smallest absolute Gasteiger partial charge is 0.303 e. The van der Waals surface area contributed by atoms with Crippen LogP contribution in [0.15, 0.2) is 29.3 Å². The normalized spacial score (nSPS) is 24.8. The van der Waals surface area contributed by atoms with Gasteiger partial charge in [0.05, 0.1) is 24.7 Å². The number of carboxylic acids is 1. The van der Waals surface area contributed by atoms with Gasteiger partial charge in [0.25, 0.3) is 0 Å². The molecule has 27 heavy (non-hydrogen) atoms. The monoisotopic (exact) mass is 412 g/mol. The Hall–Kier alpha value is -2.07. The largest absolute Gasteiger partial charge is 0.497 e. The van der Waals surface area contributed by atoms with Crippen molar-refractivity contribution < 1.29 is 27.9 Å². The van der Waals surface area contributed by atoms with Crippen LogP contribution >= 0.6 is 11.8 Å². The highest BCUT2D eigenvalue weighted by atomic mass is 32.2. The van der Waals surface area contributed by atoms with Crippen LogP contribution in [-0.4, -0.2) is 60.5 Å². The number of amidine groups is 1. The Bertz CT molecular complexity index is 866. The first-order valence-electron chi connectivity index (χ1n) is 8.43. The summed E-state index contributed by atoms with van der Waals surface area (Å²) in [5, 5.41) is 8.96. The van der Waals surface area contributed by atoms with E-state index in [0.29, 0.717) is 10.9 Å². The summed E-state index contributed by atoms with van der Waals surface area (Å²) in [4.78, 5) is 28.7. The van der Waals surface area contributed by atoms with Gasteiger partial charge in [-0.1, -0.05) is 11.8 Å². The SMILES string of the molecule is COc1ccc(N2C(=NC(=O)CCCC(=O)O)S[C@@H]3CS(=O)(=O)C[C@H]32)cc1. The topological polar surface area (TPSA) is 113 Å². The summed E-state index contributed by atoms with van der Waals surface area (Å²) in [5.74, 6) is -0.612. The summed E-state index contributed by atoms with van der Waals surface area (Å²) < 4.78 is 29.2. The molecule has 1 aromatic carbocycles. The fraction of sp³-hybridized carbons (Fsp3) is 0.471. The summed E-state index contributed by atoms with van der Waals surface area (Å²) in [7, 11) is -1.57. The Morgan fingerprint density at radius 3 is 2.59 bits per heavy atom. The Labute approximate surface area is 161 Å². The van der Waals surface area contributed by atoms with Gasteiger partial charge < -0.3 is 14.7 Å². The van der Waals surface area contributed by atoms with Crippen molar-refractivity contribution in [2.75, 3.05) is 23.5 Å². The van der Waals surface area contributed by atoms with Crippen molar-refractivity contribution in [2.24, 2.45) is 4.99 Å². The molecule has 3 rings (SSSR count). The van der Waals surface area contributed by atoms with E-state index in [9.17, 15) is 18.0 Å². The molecule has 2 atom stereocenters. The standard InChI is InChI=1S/C17H20N2O6S2/c1-25-12-7-5-11(6-8-12)19-13-9-27(23,24)10-14(13)26-17(19)18-15(20)3-2-4-16(21)22/h5-8,13-14H,2-4,9-10H2,1H3,(H,21,22)/t13-,14-/m1/s1. The average Bonchev–Trinajstić information content (AvgIpc) is 3.05. The summed E-state index contributed by atoms with van der Waals surface area (Å²) in [6.07, 6.45) is 0.176. The fourth-order valence-electron chi connectivity index (χ4n) is 3.16. The first-order chi connectivity index (χ1) is 12.8. The quantitative estimate of drug-likeness (QED) is 0.749. The van der Waals surface area contributed by atoms with E-state index in [1.165, 1.54) is 11.8 Å². The number of hydrogen-bond donors (Lipinski definition) is 1. The third kappa shape index (κ3) is 4.62. The maximum atomic E-state index is 12.1.